The molecule has 2 aromatic heterocycles. The molecule has 0 fully saturated rings. The number of ether oxygens (including phenoxy) is 2. The Morgan fingerprint density at radius 1 is 0.953 bits per heavy atom. The zero-order chi connectivity index (χ0) is 30.9. The van der Waals surface area contributed by atoms with E-state index in [-0.39, 0.29) is 23.7 Å². The first-order chi connectivity index (χ1) is 20.9. The van der Waals surface area contributed by atoms with E-state index in [0.717, 1.165) is 33.4 Å². The Hall–Kier alpha value is -5.15. The molecule has 0 aliphatic rings. The number of nitrogens with zero attached hydrogens (tertiary/aromatic N) is 2. The molecule has 9 heteroatoms. The van der Waals surface area contributed by atoms with Crippen molar-refractivity contribution in [2.24, 2.45) is 0 Å². The fourth-order valence-electron chi connectivity index (χ4n) is 4.75. The fourth-order valence-corrected chi connectivity index (χ4v) is 4.75. The number of anilines is 1. The van der Waals surface area contributed by atoms with E-state index < -0.39 is 12.2 Å². The lowest BCUT2D eigenvalue weighted by Crippen LogP contribution is -2.32. The van der Waals surface area contributed by atoms with Gasteiger partial charge in [-0.1, -0.05) is 68.4 Å². The summed E-state index contributed by atoms with van der Waals surface area (Å²) in [4.78, 5) is 35.0. The van der Waals surface area contributed by atoms with E-state index in [0.29, 0.717) is 11.2 Å². The average molecular weight is 581 g/mol. The third-order valence-corrected chi connectivity index (χ3v) is 6.91. The first kappa shape index (κ1) is 30.8. The number of hydrogen-bond acceptors (Lipinski definition) is 6. The van der Waals surface area contributed by atoms with E-state index in [9.17, 15) is 14.7 Å². The van der Waals surface area contributed by atoms with Crippen LogP contribution in [0.2, 0.25) is 0 Å². The smallest absolute Gasteiger partial charge is 0.411 e. The van der Waals surface area contributed by atoms with Gasteiger partial charge in [0.15, 0.2) is 0 Å². The number of carbonyl (C=O) groups is 2. The first-order valence-corrected chi connectivity index (χ1v) is 14.0. The van der Waals surface area contributed by atoms with E-state index in [4.69, 9.17) is 9.47 Å². The summed E-state index contributed by atoms with van der Waals surface area (Å²) in [6.45, 7) is 4.06. The number of fused-ring (bicyclic) bond motifs is 1. The number of aromatic nitrogens is 2. The Kier molecular flexibility index (Phi) is 10.1. The Bertz CT molecular complexity index is 1700. The molecule has 2 heterocycles. The highest BCUT2D eigenvalue weighted by Gasteiger charge is 2.22. The highest BCUT2D eigenvalue weighted by atomic mass is 16.5. The third-order valence-electron chi connectivity index (χ3n) is 6.91. The van der Waals surface area contributed by atoms with Crippen LogP contribution in [0.1, 0.15) is 35.9 Å². The number of likely N-dealkylation sites (N-methyl/N-ethyl adjacent to an activating group) is 1. The minimum Gasteiger partial charge on any atom is -0.496 e. The summed E-state index contributed by atoms with van der Waals surface area (Å²) in [6.07, 6.45) is 2.05. The molecule has 43 heavy (non-hydrogen) atoms. The molecule has 0 spiro atoms. The van der Waals surface area contributed by atoms with Crippen molar-refractivity contribution in [2.45, 2.75) is 20.0 Å². The van der Waals surface area contributed by atoms with Gasteiger partial charge in [-0.15, -0.1) is 0 Å². The molecule has 5 rings (SSSR count). The zero-order valence-electron chi connectivity index (χ0n) is 24.9. The fraction of sp³-hybridized carbons (Fsp3) is 0.206. The molecule has 3 N–H and O–H groups in total. The van der Waals surface area contributed by atoms with Crippen LogP contribution < -0.4 is 10.1 Å². The average Bonchev–Trinajstić information content (AvgIpc) is 3.49. The first-order valence-electron chi connectivity index (χ1n) is 14.0. The summed E-state index contributed by atoms with van der Waals surface area (Å²) in [6, 6.07) is 24.0. The van der Waals surface area contributed by atoms with Crippen LogP contribution in [-0.4, -0.2) is 59.8 Å². The van der Waals surface area contributed by atoms with Gasteiger partial charge < -0.3 is 24.5 Å². The van der Waals surface area contributed by atoms with Gasteiger partial charge in [0.05, 0.1) is 38.1 Å². The molecule has 0 saturated heterocycles. The molecule has 0 bridgehead atoms. The van der Waals surface area contributed by atoms with Gasteiger partial charge >= 0.3 is 6.09 Å². The van der Waals surface area contributed by atoms with Crippen molar-refractivity contribution < 1.29 is 24.2 Å². The molecule has 0 saturated carbocycles. The Morgan fingerprint density at radius 2 is 1.67 bits per heavy atom. The number of H-pyrrole nitrogens is 1. The van der Waals surface area contributed by atoms with Crippen LogP contribution in [-0.2, 0) is 4.74 Å². The third kappa shape index (κ3) is 6.85. The zero-order valence-corrected chi connectivity index (χ0v) is 24.9. The van der Waals surface area contributed by atoms with Crippen molar-refractivity contribution in [3.8, 4) is 28.0 Å². The minimum atomic E-state index is -0.876. The molecule has 222 valence electrons. The van der Waals surface area contributed by atoms with Gasteiger partial charge in [-0.05, 0) is 35.4 Å². The molecule has 3 aromatic carbocycles. The molecule has 1 atom stereocenters. The summed E-state index contributed by atoms with van der Waals surface area (Å²) < 4.78 is 10.3. The predicted molar refractivity (Wildman–Crippen MR) is 169 cm³/mol. The normalized spacial score (nSPS) is 11.2. The van der Waals surface area contributed by atoms with Crippen molar-refractivity contribution in [3.05, 3.63) is 102 Å². The highest BCUT2D eigenvalue weighted by Crippen LogP contribution is 2.36. The maximum atomic E-state index is 13.7. The van der Waals surface area contributed by atoms with Crippen molar-refractivity contribution in [1.29, 1.82) is 0 Å². The number of aliphatic hydroxyl groups is 1. The van der Waals surface area contributed by atoms with Crippen LogP contribution in [0.4, 0.5) is 10.5 Å². The number of amides is 2. The van der Waals surface area contributed by atoms with E-state index in [1.54, 1.807) is 50.7 Å². The molecule has 1 unspecified atom stereocenters. The summed E-state index contributed by atoms with van der Waals surface area (Å²) in [5, 5.41) is 14.2. The number of hydrogen-bond donors (Lipinski definition) is 3. The van der Waals surface area contributed by atoms with Crippen LogP contribution in [0.15, 0.2) is 91.3 Å². The van der Waals surface area contributed by atoms with E-state index in [1.165, 1.54) is 12.0 Å². The van der Waals surface area contributed by atoms with E-state index in [1.807, 2.05) is 68.6 Å². The van der Waals surface area contributed by atoms with Crippen LogP contribution in [0.5, 0.6) is 5.75 Å². The number of nitrogens with one attached hydrogen (secondary N) is 2. The van der Waals surface area contributed by atoms with Gasteiger partial charge in [-0.2, -0.15) is 0 Å². The summed E-state index contributed by atoms with van der Waals surface area (Å²) in [5.41, 5.74) is 5.30. The van der Waals surface area contributed by atoms with Gasteiger partial charge in [-0.25, -0.2) is 9.78 Å². The van der Waals surface area contributed by atoms with E-state index in [2.05, 4.69) is 15.3 Å². The number of aromatic amines is 1. The number of rotatable bonds is 8. The van der Waals surface area contributed by atoms with Crippen LogP contribution in [0.25, 0.3) is 33.3 Å². The lowest BCUT2D eigenvalue weighted by Gasteiger charge is -2.23. The maximum Gasteiger partial charge on any atom is 0.411 e. The molecular formula is C34H36N4O5. The largest absolute Gasteiger partial charge is 0.496 e. The molecule has 0 aliphatic carbocycles. The van der Waals surface area contributed by atoms with Crippen molar-refractivity contribution >= 4 is 28.7 Å². The Morgan fingerprint density at radius 3 is 2.40 bits per heavy atom. The number of para-hydroxylation sites is 1. The van der Waals surface area contributed by atoms with Crippen LogP contribution in [0.3, 0.4) is 0 Å². The van der Waals surface area contributed by atoms with Gasteiger partial charge in [0.25, 0.3) is 5.91 Å². The summed E-state index contributed by atoms with van der Waals surface area (Å²) >= 11 is 0. The number of aliphatic hydroxyl groups excluding tert-OH is 1. The quantitative estimate of drug-likeness (QED) is 0.184. The van der Waals surface area contributed by atoms with E-state index >= 15 is 0 Å². The molecule has 9 nitrogen and oxygen atoms in total. The second-order valence-corrected chi connectivity index (χ2v) is 9.51. The summed E-state index contributed by atoms with van der Waals surface area (Å²) in [5.74, 6) is 0.365. The Balaban J connectivity index is 0.00000207. The van der Waals surface area contributed by atoms with Crippen molar-refractivity contribution in [2.75, 3.05) is 33.1 Å². The van der Waals surface area contributed by atoms with Crippen LogP contribution >= 0.6 is 0 Å². The van der Waals surface area contributed by atoms with Gasteiger partial charge in [0, 0.05) is 41.5 Å². The predicted octanol–water partition coefficient (Wildman–Crippen LogP) is 6.92. The molecule has 2 amide bonds. The van der Waals surface area contributed by atoms with Gasteiger partial charge in [0.1, 0.15) is 11.4 Å². The van der Waals surface area contributed by atoms with Crippen molar-refractivity contribution in [1.82, 2.24) is 14.9 Å². The second kappa shape index (κ2) is 14.2. The van der Waals surface area contributed by atoms with Crippen LogP contribution in [0, 0.1) is 0 Å². The van der Waals surface area contributed by atoms with Gasteiger partial charge in [0.2, 0.25) is 0 Å². The topological polar surface area (TPSA) is 117 Å². The number of carbonyl (C=O) groups excluding carboxylic acids is 2. The lowest BCUT2D eigenvalue weighted by molar-refractivity contribution is 0.0682. The number of methoxy groups -OCH3 is 2. The molecular weight excluding hydrogens is 544 g/mol. The highest BCUT2D eigenvalue weighted by molar-refractivity contribution is 6.04. The monoisotopic (exact) mass is 580 g/mol. The van der Waals surface area contributed by atoms with Gasteiger partial charge in [-0.3, -0.25) is 10.1 Å². The molecule has 5 aromatic rings. The van der Waals surface area contributed by atoms with Crippen molar-refractivity contribution in [3.63, 3.8) is 0 Å². The summed E-state index contributed by atoms with van der Waals surface area (Å²) in [7, 11) is 4.50. The Labute approximate surface area is 251 Å². The number of pyridine rings is 1. The molecule has 0 aliphatic heterocycles. The lowest BCUT2D eigenvalue weighted by atomic mass is 9.99. The standard InChI is InChI=1S/C32H30N4O5.C2H6/c1-36(19-28(37)20-9-5-4-6-10-20)31(38)25-15-21(13-14-27(25)35-32(39)41-3)22-16-24-26(18-34-30(24)33-17-22)23-11-7-8-12-29(23)40-2;1-2/h4-18,28,37H,19H2,1-3H3,(H,33,34)(H,35,39);1-2H3. The maximum absolute atomic E-state index is 13.7. The SMILES string of the molecule is CC.COC(=O)Nc1ccc(-c2cnc3[nH]cc(-c4ccccc4OC)c3c2)cc1C(=O)N(C)CC(O)c1ccccc1. The number of benzene rings is 3. The molecule has 0 radical (unpaired) electrons. The second-order valence-electron chi connectivity index (χ2n) is 9.51. The minimum absolute atomic E-state index is 0.0594.